The lowest BCUT2D eigenvalue weighted by Crippen LogP contribution is -2.45. The molecule has 2 heterocycles. The summed E-state index contributed by atoms with van der Waals surface area (Å²) >= 11 is 6.56. The lowest BCUT2D eigenvalue weighted by molar-refractivity contribution is -0.138. The zero-order chi connectivity index (χ0) is 35.0. The van der Waals surface area contributed by atoms with E-state index in [1.807, 2.05) is 51.1 Å². The number of para-hydroxylation sites is 1. The van der Waals surface area contributed by atoms with Gasteiger partial charge in [0.15, 0.2) is 11.5 Å². The second kappa shape index (κ2) is 17.7. The molecular formula is C38H44Cl2FN3O6. The summed E-state index contributed by atoms with van der Waals surface area (Å²) in [6.45, 7) is 8.19. The van der Waals surface area contributed by atoms with Crippen LogP contribution in [0.15, 0.2) is 83.5 Å². The molecule has 4 aromatic rings. The molecule has 3 aromatic carbocycles. The molecule has 50 heavy (non-hydrogen) atoms. The van der Waals surface area contributed by atoms with E-state index in [2.05, 4.69) is 10.6 Å². The first kappa shape index (κ1) is 38.7. The Balaban J connectivity index is 0.00000562. The molecule has 0 saturated heterocycles. The number of rotatable bonds is 14. The molecule has 1 aliphatic rings. The molecule has 0 radical (unpaired) electrons. The van der Waals surface area contributed by atoms with E-state index in [0.29, 0.717) is 65.1 Å². The Morgan fingerprint density at radius 1 is 1.02 bits per heavy atom. The number of amides is 2. The monoisotopic (exact) mass is 727 g/mol. The molecule has 1 aliphatic heterocycles. The Hall–Kier alpha value is -4.09. The highest BCUT2D eigenvalue weighted by molar-refractivity contribution is 6.30. The van der Waals surface area contributed by atoms with Crippen molar-refractivity contribution in [1.29, 1.82) is 0 Å². The van der Waals surface area contributed by atoms with Crippen molar-refractivity contribution in [3.05, 3.63) is 112 Å². The number of benzene rings is 3. The third-order valence-corrected chi connectivity index (χ3v) is 8.21. The van der Waals surface area contributed by atoms with Crippen LogP contribution in [0.1, 0.15) is 62.2 Å². The first-order chi connectivity index (χ1) is 23.5. The number of hydrogen-bond acceptors (Lipinski definition) is 7. The zero-order valence-corrected chi connectivity index (χ0v) is 30.2. The summed E-state index contributed by atoms with van der Waals surface area (Å²) in [5, 5.41) is 6.54. The molecule has 2 atom stereocenters. The van der Waals surface area contributed by atoms with E-state index in [9.17, 15) is 14.0 Å². The van der Waals surface area contributed by atoms with E-state index < -0.39 is 23.9 Å². The Labute approximate surface area is 303 Å². The van der Waals surface area contributed by atoms with E-state index in [-0.39, 0.29) is 36.7 Å². The number of nitrogens with one attached hydrogen (secondary N) is 2. The van der Waals surface area contributed by atoms with Gasteiger partial charge in [0, 0.05) is 40.5 Å². The third kappa shape index (κ3) is 10.0. The quantitative estimate of drug-likeness (QED) is 0.129. The van der Waals surface area contributed by atoms with Crippen LogP contribution >= 0.6 is 24.0 Å². The van der Waals surface area contributed by atoms with Crippen LogP contribution in [0, 0.1) is 11.2 Å². The molecule has 9 nitrogen and oxygen atoms in total. The number of fused-ring (bicyclic) bond motifs is 1. The SMILES string of the molecule is COc1c(OCCCNCc2ccco2)cccc1[C@H]1O[C@H](CC(=O)NCc2ccccc2F)C(=O)N(CC(C)(C)C)c2ccc(Cl)cc21.Cl. The lowest BCUT2D eigenvalue weighted by Gasteiger charge is -2.31. The van der Waals surface area contributed by atoms with Crippen molar-refractivity contribution in [3.63, 3.8) is 0 Å². The Kier molecular flexibility index (Phi) is 13.7. The molecule has 0 spiro atoms. The maximum atomic E-state index is 14.3. The van der Waals surface area contributed by atoms with Gasteiger partial charge in [-0.3, -0.25) is 9.59 Å². The fourth-order valence-corrected chi connectivity index (χ4v) is 5.92. The van der Waals surface area contributed by atoms with Crippen LogP contribution in [0.25, 0.3) is 0 Å². The predicted molar refractivity (Wildman–Crippen MR) is 194 cm³/mol. The average molecular weight is 729 g/mol. The van der Waals surface area contributed by atoms with Crippen LogP contribution in [0.5, 0.6) is 11.5 Å². The largest absolute Gasteiger partial charge is 0.492 e. The van der Waals surface area contributed by atoms with Crippen LogP contribution in [0.3, 0.4) is 0 Å². The van der Waals surface area contributed by atoms with Crippen LogP contribution in [0.4, 0.5) is 10.1 Å². The summed E-state index contributed by atoms with van der Waals surface area (Å²) < 4.78 is 38.3. The predicted octanol–water partition coefficient (Wildman–Crippen LogP) is 7.64. The second-order valence-corrected chi connectivity index (χ2v) is 13.5. The van der Waals surface area contributed by atoms with Gasteiger partial charge in [0.05, 0.1) is 32.9 Å². The first-order valence-electron chi connectivity index (χ1n) is 16.3. The number of anilines is 1. The van der Waals surface area contributed by atoms with Gasteiger partial charge in [-0.25, -0.2) is 4.39 Å². The summed E-state index contributed by atoms with van der Waals surface area (Å²) in [7, 11) is 1.55. The Morgan fingerprint density at radius 2 is 1.82 bits per heavy atom. The number of nitrogens with zero attached hydrogens (tertiary/aromatic N) is 1. The van der Waals surface area contributed by atoms with Gasteiger partial charge in [-0.05, 0) is 60.8 Å². The molecule has 0 unspecified atom stereocenters. The molecular weight excluding hydrogens is 684 g/mol. The fourth-order valence-electron chi connectivity index (χ4n) is 5.73. The number of carbonyl (C=O) groups excluding carboxylic acids is 2. The number of halogens is 3. The standard InChI is InChI=1S/C38H43ClFN3O6.ClH/c1-38(2,3)24-43-31-16-15-26(39)20-29(31)35(49-33(37(43)45)21-34(44)42-22-25-10-5-6-13-30(25)40)28-12-7-14-32(36(28)46-4)48-19-9-17-41-23-27-11-8-18-47-27;/h5-8,10-16,18,20,33,35,41H,9,17,19,21-24H2,1-4H3,(H,42,44);1H/t33-,35-;/m1./s1. The Morgan fingerprint density at radius 3 is 2.54 bits per heavy atom. The molecule has 0 fully saturated rings. The van der Waals surface area contributed by atoms with Crippen LogP contribution in [-0.4, -0.2) is 44.7 Å². The number of furan rings is 1. The minimum Gasteiger partial charge on any atom is -0.492 e. The zero-order valence-electron chi connectivity index (χ0n) is 28.7. The summed E-state index contributed by atoms with van der Waals surface area (Å²) in [6.07, 6.45) is 0.0734. The van der Waals surface area contributed by atoms with Crippen molar-refractivity contribution in [3.8, 4) is 11.5 Å². The van der Waals surface area contributed by atoms with E-state index in [1.54, 1.807) is 54.7 Å². The molecule has 0 aliphatic carbocycles. The van der Waals surface area contributed by atoms with Crippen LogP contribution in [0.2, 0.25) is 5.02 Å². The fraction of sp³-hybridized carbons (Fsp3) is 0.368. The van der Waals surface area contributed by atoms with Crippen LogP contribution in [-0.2, 0) is 27.4 Å². The van der Waals surface area contributed by atoms with Crippen molar-refractivity contribution in [2.45, 2.75) is 58.9 Å². The van der Waals surface area contributed by atoms with Gasteiger partial charge >= 0.3 is 0 Å². The maximum absolute atomic E-state index is 14.3. The van der Waals surface area contributed by atoms with E-state index in [1.165, 1.54) is 6.07 Å². The van der Waals surface area contributed by atoms with E-state index >= 15 is 0 Å². The minimum atomic E-state index is -1.17. The minimum absolute atomic E-state index is 0. The van der Waals surface area contributed by atoms with Crippen molar-refractivity contribution in [2.24, 2.45) is 5.41 Å². The molecule has 12 heteroatoms. The van der Waals surface area contributed by atoms with Crippen LogP contribution < -0.4 is 25.0 Å². The first-order valence-corrected chi connectivity index (χ1v) is 16.7. The van der Waals surface area contributed by atoms with E-state index in [4.69, 9.17) is 30.2 Å². The third-order valence-electron chi connectivity index (χ3n) is 7.97. The second-order valence-electron chi connectivity index (χ2n) is 13.1. The maximum Gasteiger partial charge on any atom is 0.256 e. The van der Waals surface area contributed by atoms with Gasteiger partial charge in [0.25, 0.3) is 5.91 Å². The topological polar surface area (TPSA) is 102 Å². The summed E-state index contributed by atoms with van der Waals surface area (Å²) in [6, 6.07) is 20.8. The van der Waals surface area contributed by atoms with Crippen molar-refractivity contribution in [1.82, 2.24) is 10.6 Å². The number of carbonyl (C=O) groups is 2. The van der Waals surface area contributed by atoms with Gasteiger partial charge in [0.2, 0.25) is 5.91 Å². The molecule has 1 aromatic heterocycles. The number of ether oxygens (including phenoxy) is 3. The van der Waals surface area contributed by atoms with Gasteiger partial charge in [-0.2, -0.15) is 0 Å². The highest BCUT2D eigenvalue weighted by Crippen LogP contribution is 2.45. The molecule has 5 rings (SSSR count). The van der Waals surface area contributed by atoms with Gasteiger partial charge in [-0.1, -0.05) is 62.7 Å². The highest BCUT2D eigenvalue weighted by Gasteiger charge is 2.40. The molecule has 0 bridgehead atoms. The summed E-state index contributed by atoms with van der Waals surface area (Å²) in [4.78, 5) is 29.3. The number of hydrogen-bond donors (Lipinski definition) is 2. The van der Waals surface area contributed by atoms with Crippen molar-refractivity contribution >= 4 is 41.5 Å². The Bertz CT molecular complexity index is 1730. The van der Waals surface area contributed by atoms with Gasteiger partial charge in [0.1, 0.15) is 23.8 Å². The van der Waals surface area contributed by atoms with Gasteiger partial charge in [-0.15, -0.1) is 12.4 Å². The number of methoxy groups -OCH3 is 1. The smallest absolute Gasteiger partial charge is 0.256 e. The van der Waals surface area contributed by atoms with Crippen molar-refractivity contribution in [2.75, 3.05) is 31.7 Å². The van der Waals surface area contributed by atoms with Crippen molar-refractivity contribution < 1.29 is 32.6 Å². The normalized spacial score (nSPS) is 15.9. The molecule has 0 saturated carbocycles. The molecule has 268 valence electrons. The summed E-state index contributed by atoms with van der Waals surface area (Å²) in [5.74, 6) is 0.577. The molecule has 2 amide bonds. The van der Waals surface area contributed by atoms with Gasteiger partial charge < -0.3 is 34.2 Å². The highest BCUT2D eigenvalue weighted by atomic mass is 35.5. The lowest BCUT2D eigenvalue weighted by atomic mass is 9.94. The molecule has 2 N–H and O–H groups in total. The van der Waals surface area contributed by atoms with E-state index in [0.717, 1.165) is 12.2 Å². The average Bonchev–Trinajstić information content (AvgIpc) is 3.56. The summed E-state index contributed by atoms with van der Waals surface area (Å²) in [5.41, 5.74) is 1.94.